The SMILES string of the molecule is Cc1cc(CCN(CCN(C)C)Cc2cc(C)cc(-c3c(C(C)C)cccc3C(C)C)c2O)c(O)c(-c2c(C(C)C)cccc2C(C)C)c1.[CH2-]c1ccccc1.[CH2-]c1ccccc1.[Hf+4]. The third-order valence-corrected chi connectivity index (χ3v) is 11.6. The Hall–Kier alpha value is -4.55. The molecule has 0 radical (unpaired) electrons. The molecule has 0 heterocycles. The van der Waals surface area contributed by atoms with Crippen LogP contribution in [0.4, 0.5) is 0 Å². The minimum atomic E-state index is 0. The van der Waals surface area contributed by atoms with E-state index in [9.17, 15) is 10.2 Å². The summed E-state index contributed by atoms with van der Waals surface area (Å²) >= 11 is 0. The number of benzene rings is 6. The minimum Gasteiger partial charge on any atom is -0.507 e. The molecule has 0 spiro atoms. The largest absolute Gasteiger partial charge is 4.00 e. The van der Waals surface area contributed by atoms with Crippen molar-refractivity contribution in [3.63, 3.8) is 0 Å². The number of likely N-dealkylation sites (N-methyl/N-ethyl adjacent to an activating group) is 1. The summed E-state index contributed by atoms with van der Waals surface area (Å²) in [6, 6.07) is 41.5. The Labute approximate surface area is 407 Å². The molecule has 4 nitrogen and oxygen atoms in total. The first-order chi connectivity index (χ1) is 29.9. The van der Waals surface area contributed by atoms with Gasteiger partial charge in [0, 0.05) is 42.9 Å². The van der Waals surface area contributed by atoms with Crippen LogP contribution in [0.5, 0.6) is 11.5 Å². The average molecular weight is 1020 g/mol. The van der Waals surface area contributed by atoms with E-state index in [1.54, 1.807) is 0 Å². The van der Waals surface area contributed by atoms with Crippen molar-refractivity contribution >= 4 is 0 Å². The number of nitrogens with zero attached hydrogens (tertiary/aromatic N) is 2. The van der Waals surface area contributed by atoms with E-state index >= 15 is 0 Å². The van der Waals surface area contributed by atoms with Gasteiger partial charge in [0.05, 0.1) is 0 Å². The van der Waals surface area contributed by atoms with Gasteiger partial charge in [0.25, 0.3) is 0 Å². The van der Waals surface area contributed by atoms with Crippen molar-refractivity contribution in [3.8, 4) is 33.8 Å². The fraction of sp³-hybridized carbons (Fsp3) is 0.356. The number of phenols is 2. The van der Waals surface area contributed by atoms with Gasteiger partial charge in [-0.25, -0.2) is 0 Å². The minimum absolute atomic E-state index is 0. The summed E-state index contributed by atoms with van der Waals surface area (Å²) < 4.78 is 0. The van der Waals surface area contributed by atoms with Gasteiger partial charge in [-0.2, -0.15) is 49.2 Å². The van der Waals surface area contributed by atoms with Crippen LogP contribution in [0.2, 0.25) is 0 Å². The van der Waals surface area contributed by atoms with Gasteiger partial charge in [-0.15, -0.1) is 24.3 Å². The molecule has 64 heavy (non-hydrogen) atoms. The Morgan fingerprint density at radius 3 is 1.16 bits per heavy atom. The predicted octanol–water partition coefficient (Wildman–Crippen LogP) is 14.9. The van der Waals surface area contributed by atoms with Crippen LogP contribution >= 0.6 is 0 Å². The van der Waals surface area contributed by atoms with Gasteiger partial charge in [0.1, 0.15) is 11.5 Å². The maximum atomic E-state index is 12.0. The van der Waals surface area contributed by atoms with Crippen molar-refractivity contribution in [2.24, 2.45) is 0 Å². The van der Waals surface area contributed by atoms with Crippen LogP contribution in [0.3, 0.4) is 0 Å². The second-order valence-electron chi connectivity index (χ2n) is 18.7. The molecule has 0 fully saturated rings. The van der Waals surface area contributed by atoms with Crippen molar-refractivity contribution in [3.05, 3.63) is 191 Å². The molecule has 0 aliphatic heterocycles. The van der Waals surface area contributed by atoms with Crippen molar-refractivity contribution < 1.29 is 36.1 Å². The molecule has 336 valence electrons. The van der Waals surface area contributed by atoms with E-state index < -0.39 is 0 Å². The molecule has 6 rings (SSSR count). The van der Waals surface area contributed by atoms with Crippen LogP contribution in [0.1, 0.15) is 135 Å². The first-order valence-corrected chi connectivity index (χ1v) is 22.9. The predicted molar refractivity (Wildman–Crippen MR) is 272 cm³/mol. The summed E-state index contributed by atoms with van der Waals surface area (Å²) in [4.78, 5) is 4.64. The normalized spacial score (nSPS) is 11.2. The van der Waals surface area contributed by atoms with E-state index in [2.05, 4.69) is 168 Å². The molecule has 6 aromatic carbocycles. The molecule has 0 saturated carbocycles. The van der Waals surface area contributed by atoms with Gasteiger partial charge < -0.3 is 15.1 Å². The van der Waals surface area contributed by atoms with E-state index in [4.69, 9.17) is 0 Å². The topological polar surface area (TPSA) is 46.9 Å². The van der Waals surface area contributed by atoms with Gasteiger partial charge in [-0.1, -0.05) is 116 Å². The van der Waals surface area contributed by atoms with Gasteiger partial charge >= 0.3 is 25.8 Å². The first-order valence-electron chi connectivity index (χ1n) is 22.9. The number of rotatable bonds is 14. The quantitative estimate of drug-likeness (QED) is 0.0843. The summed E-state index contributed by atoms with van der Waals surface area (Å²) in [7, 11) is 4.21. The molecule has 0 atom stereocenters. The van der Waals surface area contributed by atoms with Crippen LogP contribution in [0, 0.1) is 27.7 Å². The van der Waals surface area contributed by atoms with Gasteiger partial charge in [-0.05, 0) is 120 Å². The molecule has 0 bridgehead atoms. The van der Waals surface area contributed by atoms with Gasteiger partial charge in [-0.3, -0.25) is 4.90 Å². The molecule has 0 saturated heterocycles. The zero-order chi connectivity index (χ0) is 46.4. The van der Waals surface area contributed by atoms with Crippen LogP contribution in [-0.4, -0.2) is 53.7 Å². The Morgan fingerprint density at radius 2 is 0.828 bits per heavy atom. The third-order valence-electron chi connectivity index (χ3n) is 11.6. The van der Waals surface area contributed by atoms with E-state index in [1.807, 2.05) is 60.7 Å². The van der Waals surface area contributed by atoms with Crippen LogP contribution in [0.15, 0.2) is 121 Å². The summed E-state index contributed by atoms with van der Waals surface area (Å²) in [6.07, 6.45) is 0.710. The maximum Gasteiger partial charge on any atom is 4.00 e. The molecule has 5 heteroatoms. The fourth-order valence-electron chi connectivity index (χ4n) is 8.21. The van der Waals surface area contributed by atoms with E-state index in [-0.39, 0.29) is 25.8 Å². The third kappa shape index (κ3) is 15.3. The molecule has 0 unspecified atom stereocenters. The molecule has 0 aliphatic carbocycles. The molecular weight excluding hydrogens is 947 g/mol. The van der Waals surface area contributed by atoms with Crippen LogP contribution in [0.25, 0.3) is 22.3 Å². The maximum absolute atomic E-state index is 12.0. The molecular formula is C59H76HfN2O2+2. The van der Waals surface area contributed by atoms with Crippen LogP contribution < -0.4 is 0 Å². The van der Waals surface area contributed by atoms with E-state index in [0.29, 0.717) is 48.1 Å². The fourth-order valence-corrected chi connectivity index (χ4v) is 8.21. The van der Waals surface area contributed by atoms with E-state index in [0.717, 1.165) is 64.1 Å². The Bertz CT molecular complexity index is 2240. The second-order valence-corrected chi connectivity index (χ2v) is 18.7. The monoisotopic (exact) mass is 1020 g/mol. The number of hydrogen-bond acceptors (Lipinski definition) is 4. The summed E-state index contributed by atoms with van der Waals surface area (Å²) in [5.74, 6) is 2.13. The zero-order valence-electron chi connectivity index (χ0n) is 41.1. The smallest absolute Gasteiger partial charge is 0.507 e. The Balaban J connectivity index is 0.000000613. The molecule has 0 aromatic heterocycles. The number of aryl methyl sites for hydroxylation is 2. The molecule has 0 aliphatic rings. The van der Waals surface area contributed by atoms with Crippen molar-refractivity contribution in [1.82, 2.24) is 9.80 Å². The molecule has 6 aromatic rings. The van der Waals surface area contributed by atoms with E-state index in [1.165, 1.54) is 33.4 Å². The zero-order valence-corrected chi connectivity index (χ0v) is 44.7. The summed E-state index contributed by atoms with van der Waals surface area (Å²) in [5.41, 5.74) is 15.7. The number of phenolic OH excluding ortho intramolecular Hbond substituents is 2. The van der Waals surface area contributed by atoms with Gasteiger partial charge in [0.15, 0.2) is 0 Å². The standard InChI is InChI=1S/C45H62N2O2.2C7H7.Hf/c1-28(2)36-15-13-16-37(29(3)4)42(36)40-25-32(9)23-34(44(40)48)19-20-47(22-21-46(11)12)27-35-24-33(10)26-41(45(35)49)43-38(30(5)6)17-14-18-39(43)31(7)8;2*1-7-5-3-2-4-6-7;/h13-18,23-26,28-31,48-49H,19-22,27H2,1-12H3;2*2-6H,1H2;/q;2*-1;+4. The number of aromatic hydroxyl groups is 2. The van der Waals surface area contributed by atoms with Crippen molar-refractivity contribution in [2.75, 3.05) is 33.7 Å². The number of hydrogen-bond donors (Lipinski definition) is 2. The Morgan fingerprint density at radius 1 is 0.469 bits per heavy atom. The second kappa shape index (κ2) is 25.8. The average Bonchev–Trinajstić information content (AvgIpc) is 3.24. The van der Waals surface area contributed by atoms with Crippen LogP contribution in [-0.2, 0) is 38.8 Å². The summed E-state index contributed by atoms with van der Waals surface area (Å²) in [5, 5.41) is 23.9. The van der Waals surface area contributed by atoms with Gasteiger partial charge in [0.2, 0.25) is 0 Å². The van der Waals surface area contributed by atoms with Crippen molar-refractivity contribution in [2.45, 2.75) is 106 Å². The Kier molecular flexibility index (Phi) is 21.7. The first kappa shape index (κ1) is 53.8. The molecule has 0 amide bonds. The summed E-state index contributed by atoms with van der Waals surface area (Å²) in [6.45, 7) is 32.7. The molecule has 2 N–H and O–H groups in total. The van der Waals surface area contributed by atoms with Crippen molar-refractivity contribution in [1.29, 1.82) is 0 Å².